The number of hydrogen-bond acceptors (Lipinski definition) is 2. The lowest BCUT2D eigenvalue weighted by molar-refractivity contribution is 0.00193. The molecular weight excluding hydrogens is 266 g/mol. The van der Waals surface area contributed by atoms with Gasteiger partial charge in [-0.3, -0.25) is 0 Å². The van der Waals surface area contributed by atoms with Gasteiger partial charge in [0, 0.05) is 31.6 Å². The number of ether oxygens (including phenoxy) is 1. The van der Waals surface area contributed by atoms with Crippen molar-refractivity contribution in [3.05, 3.63) is 0 Å². The first kappa shape index (κ1) is 12.8. The Morgan fingerprint density at radius 2 is 2.12 bits per heavy atom. The smallest absolute Gasteiger partial charge is 0.0472 e. The van der Waals surface area contributed by atoms with Gasteiger partial charge in [0.1, 0.15) is 0 Å². The molecule has 0 bridgehead atoms. The van der Waals surface area contributed by atoms with Crippen LogP contribution in [0.5, 0.6) is 0 Å². The summed E-state index contributed by atoms with van der Waals surface area (Å²) in [7, 11) is 0. The van der Waals surface area contributed by atoms with Gasteiger partial charge < -0.3 is 9.64 Å². The fourth-order valence-corrected chi connectivity index (χ4v) is 3.78. The Balaban J connectivity index is 1.89. The monoisotopic (exact) mass is 289 g/mol. The Labute approximate surface area is 108 Å². The summed E-state index contributed by atoms with van der Waals surface area (Å²) in [5.74, 6) is 0.890. The number of halogens is 1. The van der Waals surface area contributed by atoms with Gasteiger partial charge in [-0.2, -0.15) is 0 Å². The zero-order chi connectivity index (χ0) is 11.4. The van der Waals surface area contributed by atoms with Crippen LogP contribution in [0.4, 0.5) is 0 Å². The molecule has 2 aliphatic heterocycles. The van der Waals surface area contributed by atoms with Crippen molar-refractivity contribution in [1.29, 1.82) is 0 Å². The topological polar surface area (TPSA) is 12.5 Å². The zero-order valence-corrected chi connectivity index (χ0v) is 12.0. The third-order valence-electron chi connectivity index (χ3n) is 4.14. The summed E-state index contributed by atoms with van der Waals surface area (Å²) in [5.41, 5.74) is 0.481. The summed E-state index contributed by atoms with van der Waals surface area (Å²) in [4.78, 5) is 2.68. The van der Waals surface area contributed by atoms with Crippen molar-refractivity contribution >= 4 is 15.9 Å². The molecule has 1 atom stereocenters. The third-order valence-corrected chi connectivity index (χ3v) is 5.33. The fourth-order valence-electron chi connectivity index (χ4n) is 3.04. The molecule has 3 heteroatoms. The first-order chi connectivity index (χ1) is 7.74. The Morgan fingerprint density at radius 3 is 2.75 bits per heavy atom. The molecule has 0 radical (unpaired) electrons. The van der Waals surface area contributed by atoms with Crippen molar-refractivity contribution in [2.24, 2.45) is 11.3 Å². The average molecular weight is 290 g/mol. The lowest BCUT2D eigenvalue weighted by Gasteiger charge is -2.42. The Hall–Kier alpha value is 0.400. The van der Waals surface area contributed by atoms with E-state index in [4.69, 9.17) is 4.74 Å². The number of likely N-dealkylation sites (tertiary alicyclic amines) is 1. The molecule has 2 fully saturated rings. The molecule has 0 aromatic rings. The van der Waals surface area contributed by atoms with Crippen LogP contribution in [0.1, 0.15) is 32.6 Å². The second kappa shape index (κ2) is 5.83. The van der Waals surface area contributed by atoms with Crippen molar-refractivity contribution in [3.63, 3.8) is 0 Å². The highest BCUT2D eigenvalue weighted by molar-refractivity contribution is 9.09. The van der Waals surface area contributed by atoms with Gasteiger partial charge in [0.15, 0.2) is 0 Å². The van der Waals surface area contributed by atoms with E-state index in [1.807, 2.05) is 0 Å². The van der Waals surface area contributed by atoms with E-state index in [2.05, 4.69) is 27.8 Å². The number of hydrogen-bond donors (Lipinski definition) is 0. The van der Waals surface area contributed by atoms with Crippen LogP contribution in [-0.2, 0) is 4.74 Å². The minimum atomic E-state index is 0.481. The molecule has 0 N–H and O–H groups in total. The van der Waals surface area contributed by atoms with Gasteiger partial charge in [-0.15, -0.1) is 0 Å². The first-order valence-electron chi connectivity index (χ1n) is 6.60. The van der Waals surface area contributed by atoms with Crippen LogP contribution in [0.25, 0.3) is 0 Å². The Morgan fingerprint density at radius 1 is 1.38 bits per heavy atom. The normalized spacial score (nSPS) is 31.5. The molecule has 2 heterocycles. The van der Waals surface area contributed by atoms with E-state index >= 15 is 0 Å². The SMILES string of the molecule is CC1CCCN(CC2(CBr)CCOCC2)C1. The van der Waals surface area contributed by atoms with Gasteiger partial charge in [-0.05, 0) is 43.6 Å². The molecule has 1 unspecified atom stereocenters. The number of alkyl halides is 1. The molecule has 94 valence electrons. The van der Waals surface area contributed by atoms with Crippen molar-refractivity contribution < 1.29 is 4.74 Å². The summed E-state index contributed by atoms with van der Waals surface area (Å²) in [6, 6.07) is 0. The largest absolute Gasteiger partial charge is 0.381 e. The second-order valence-corrected chi connectivity index (χ2v) is 6.29. The molecule has 2 rings (SSSR count). The minimum Gasteiger partial charge on any atom is -0.381 e. The first-order valence-corrected chi connectivity index (χ1v) is 7.72. The highest BCUT2D eigenvalue weighted by Gasteiger charge is 2.34. The van der Waals surface area contributed by atoms with Crippen molar-refractivity contribution in [2.45, 2.75) is 32.6 Å². The third kappa shape index (κ3) is 3.21. The molecule has 16 heavy (non-hydrogen) atoms. The summed E-state index contributed by atoms with van der Waals surface area (Å²) in [6.45, 7) is 8.17. The summed E-state index contributed by atoms with van der Waals surface area (Å²) >= 11 is 3.73. The molecule has 0 saturated carbocycles. The van der Waals surface area contributed by atoms with Gasteiger partial charge in [-0.25, -0.2) is 0 Å². The van der Waals surface area contributed by atoms with Gasteiger partial charge in [-0.1, -0.05) is 22.9 Å². The fraction of sp³-hybridized carbons (Fsp3) is 1.00. The van der Waals surface area contributed by atoms with Gasteiger partial charge in [0.05, 0.1) is 0 Å². The molecule has 0 aromatic carbocycles. The highest BCUT2D eigenvalue weighted by atomic mass is 79.9. The van der Waals surface area contributed by atoms with Gasteiger partial charge in [0.25, 0.3) is 0 Å². The summed E-state index contributed by atoms with van der Waals surface area (Å²) in [6.07, 6.45) is 5.25. The zero-order valence-electron chi connectivity index (χ0n) is 10.4. The average Bonchev–Trinajstić information content (AvgIpc) is 2.30. The molecular formula is C13H24BrNO. The van der Waals surface area contributed by atoms with E-state index in [1.165, 1.54) is 45.3 Å². The molecule has 0 amide bonds. The maximum atomic E-state index is 5.50. The van der Waals surface area contributed by atoms with E-state index in [9.17, 15) is 0 Å². The molecule has 2 aliphatic rings. The lowest BCUT2D eigenvalue weighted by atomic mass is 9.81. The van der Waals surface area contributed by atoms with Crippen molar-refractivity contribution in [3.8, 4) is 0 Å². The highest BCUT2D eigenvalue weighted by Crippen LogP contribution is 2.34. The molecule has 0 spiro atoms. The predicted octanol–water partition coefficient (Wildman–Crippen LogP) is 2.91. The predicted molar refractivity (Wildman–Crippen MR) is 71.1 cm³/mol. The molecule has 2 nitrogen and oxygen atoms in total. The van der Waals surface area contributed by atoms with Crippen LogP contribution >= 0.6 is 15.9 Å². The van der Waals surface area contributed by atoms with Gasteiger partial charge >= 0.3 is 0 Å². The van der Waals surface area contributed by atoms with E-state index in [0.29, 0.717) is 5.41 Å². The van der Waals surface area contributed by atoms with Crippen LogP contribution in [0.15, 0.2) is 0 Å². The molecule has 0 aliphatic carbocycles. The second-order valence-electron chi connectivity index (χ2n) is 5.73. The van der Waals surface area contributed by atoms with E-state index < -0.39 is 0 Å². The van der Waals surface area contributed by atoms with Crippen LogP contribution in [0.3, 0.4) is 0 Å². The molecule has 2 saturated heterocycles. The van der Waals surface area contributed by atoms with E-state index in [-0.39, 0.29) is 0 Å². The van der Waals surface area contributed by atoms with Crippen LogP contribution in [0, 0.1) is 11.3 Å². The summed E-state index contributed by atoms with van der Waals surface area (Å²) in [5, 5.41) is 1.13. The number of piperidine rings is 1. The maximum absolute atomic E-state index is 5.50. The molecule has 0 aromatic heterocycles. The van der Waals surface area contributed by atoms with Crippen molar-refractivity contribution in [1.82, 2.24) is 4.90 Å². The lowest BCUT2D eigenvalue weighted by Crippen LogP contribution is -2.46. The minimum absolute atomic E-state index is 0.481. The Kier molecular flexibility index (Phi) is 4.68. The quantitative estimate of drug-likeness (QED) is 0.741. The number of nitrogens with zero attached hydrogens (tertiary/aromatic N) is 1. The standard InChI is InChI=1S/C13H24BrNO/c1-12-3-2-6-15(9-12)11-13(10-14)4-7-16-8-5-13/h12H,2-11H2,1H3. The van der Waals surface area contributed by atoms with E-state index in [1.54, 1.807) is 0 Å². The van der Waals surface area contributed by atoms with E-state index in [0.717, 1.165) is 24.5 Å². The number of rotatable bonds is 3. The maximum Gasteiger partial charge on any atom is 0.0472 e. The van der Waals surface area contributed by atoms with Crippen molar-refractivity contribution in [2.75, 3.05) is 38.2 Å². The van der Waals surface area contributed by atoms with Crippen LogP contribution in [-0.4, -0.2) is 43.1 Å². The van der Waals surface area contributed by atoms with Crippen LogP contribution < -0.4 is 0 Å². The summed E-state index contributed by atoms with van der Waals surface area (Å²) < 4.78 is 5.50. The van der Waals surface area contributed by atoms with Gasteiger partial charge in [0.2, 0.25) is 0 Å². The Bertz CT molecular complexity index is 216. The van der Waals surface area contributed by atoms with Crippen LogP contribution in [0.2, 0.25) is 0 Å².